The zero-order valence-corrected chi connectivity index (χ0v) is 17.0. The van der Waals surface area contributed by atoms with Crippen molar-refractivity contribution in [3.63, 3.8) is 0 Å². The van der Waals surface area contributed by atoms with Crippen LogP contribution in [0.1, 0.15) is 45.4 Å². The Hall–Kier alpha value is -1.60. The number of amides is 1. The zero-order valence-electron chi connectivity index (χ0n) is 16.2. The van der Waals surface area contributed by atoms with Crippen molar-refractivity contribution in [2.24, 2.45) is 11.8 Å². The highest BCUT2D eigenvalue weighted by Crippen LogP contribution is 2.27. The topological polar surface area (TPSA) is 75.7 Å². The van der Waals surface area contributed by atoms with Crippen LogP contribution in [-0.2, 0) is 14.8 Å². The van der Waals surface area contributed by atoms with Gasteiger partial charge in [-0.15, -0.1) is 0 Å². The predicted molar refractivity (Wildman–Crippen MR) is 104 cm³/mol. The van der Waals surface area contributed by atoms with Gasteiger partial charge in [-0.2, -0.15) is 4.31 Å². The lowest BCUT2D eigenvalue weighted by Gasteiger charge is -2.34. The van der Waals surface area contributed by atoms with E-state index in [1.165, 1.54) is 10.7 Å². The molecule has 3 rings (SSSR count). The molecule has 0 radical (unpaired) electrons. The average Bonchev–Trinajstić information content (AvgIpc) is 2.70. The van der Waals surface area contributed by atoms with E-state index >= 15 is 0 Å². The normalized spacial score (nSPS) is 27.1. The van der Waals surface area contributed by atoms with Crippen molar-refractivity contribution < 1.29 is 17.9 Å². The second kappa shape index (κ2) is 8.61. The molecule has 1 heterocycles. The van der Waals surface area contributed by atoms with Crippen LogP contribution in [0, 0.1) is 11.8 Å². The van der Waals surface area contributed by atoms with Crippen molar-refractivity contribution in [3.8, 4) is 5.75 Å². The Balaban J connectivity index is 1.66. The highest BCUT2D eigenvalue weighted by Gasteiger charge is 2.34. The molecule has 2 fully saturated rings. The van der Waals surface area contributed by atoms with Gasteiger partial charge < -0.3 is 10.1 Å². The van der Waals surface area contributed by atoms with Gasteiger partial charge in [-0.25, -0.2) is 8.42 Å². The summed E-state index contributed by atoms with van der Waals surface area (Å²) in [4.78, 5) is 13.0. The van der Waals surface area contributed by atoms with Crippen LogP contribution in [0.5, 0.6) is 5.75 Å². The lowest BCUT2D eigenvalue weighted by molar-refractivity contribution is -0.127. The molecule has 6 nitrogen and oxygen atoms in total. The molecule has 1 aromatic rings. The van der Waals surface area contributed by atoms with Crippen LogP contribution in [0.2, 0.25) is 0 Å². The third kappa shape index (κ3) is 4.63. The van der Waals surface area contributed by atoms with Gasteiger partial charge in [-0.05, 0) is 55.9 Å². The molecule has 1 N–H and O–H groups in total. The summed E-state index contributed by atoms with van der Waals surface area (Å²) >= 11 is 0. The molecule has 27 heavy (non-hydrogen) atoms. The van der Waals surface area contributed by atoms with Gasteiger partial charge >= 0.3 is 0 Å². The van der Waals surface area contributed by atoms with Gasteiger partial charge in [0.15, 0.2) is 0 Å². The van der Waals surface area contributed by atoms with Crippen LogP contribution in [0.25, 0.3) is 0 Å². The Kier molecular flexibility index (Phi) is 6.42. The van der Waals surface area contributed by atoms with E-state index in [4.69, 9.17) is 4.74 Å². The number of hydrogen-bond acceptors (Lipinski definition) is 4. The fourth-order valence-corrected chi connectivity index (χ4v) is 5.63. The van der Waals surface area contributed by atoms with Gasteiger partial charge in [-0.1, -0.05) is 19.8 Å². The van der Waals surface area contributed by atoms with Crippen molar-refractivity contribution in [2.45, 2.75) is 56.4 Å². The standard InChI is InChI=1S/C20H30N2O4S/c1-15-6-3-4-8-19(15)21-20(23)16-7-5-13-22(14-16)27(24,25)18-11-9-17(26-2)10-12-18/h9-12,15-16,19H,3-8,13-14H2,1-2H3,(H,21,23). The maximum Gasteiger partial charge on any atom is 0.243 e. The summed E-state index contributed by atoms with van der Waals surface area (Å²) in [5.41, 5.74) is 0. The van der Waals surface area contributed by atoms with E-state index in [9.17, 15) is 13.2 Å². The number of benzene rings is 1. The van der Waals surface area contributed by atoms with Gasteiger partial charge in [0.1, 0.15) is 5.75 Å². The van der Waals surface area contributed by atoms with Crippen LogP contribution < -0.4 is 10.1 Å². The molecule has 1 saturated carbocycles. The van der Waals surface area contributed by atoms with Crippen molar-refractivity contribution >= 4 is 15.9 Å². The van der Waals surface area contributed by atoms with E-state index in [1.54, 1.807) is 31.4 Å². The minimum atomic E-state index is -3.60. The fourth-order valence-electron chi connectivity index (χ4n) is 4.10. The van der Waals surface area contributed by atoms with Crippen molar-refractivity contribution in [2.75, 3.05) is 20.2 Å². The first-order valence-electron chi connectivity index (χ1n) is 9.86. The van der Waals surface area contributed by atoms with E-state index in [2.05, 4.69) is 12.2 Å². The quantitative estimate of drug-likeness (QED) is 0.833. The van der Waals surface area contributed by atoms with Gasteiger partial charge in [0, 0.05) is 19.1 Å². The number of nitrogens with one attached hydrogen (secondary N) is 1. The molecular weight excluding hydrogens is 364 g/mol. The molecule has 0 spiro atoms. The molecule has 7 heteroatoms. The van der Waals surface area contributed by atoms with E-state index in [0.717, 1.165) is 25.7 Å². The van der Waals surface area contributed by atoms with E-state index < -0.39 is 10.0 Å². The number of piperidine rings is 1. The molecule has 1 saturated heterocycles. The number of rotatable bonds is 5. The molecule has 2 aliphatic rings. The van der Waals surface area contributed by atoms with Crippen LogP contribution in [0.4, 0.5) is 0 Å². The van der Waals surface area contributed by atoms with Crippen LogP contribution in [0.15, 0.2) is 29.2 Å². The first-order chi connectivity index (χ1) is 12.9. The summed E-state index contributed by atoms with van der Waals surface area (Å²) in [6.07, 6.45) is 5.99. The number of methoxy groups -OCH3 is 1. The smallest absolute Gasteiger partial charge is 0.243 e. The second-order valence-electron chi connectivity index (χ2n) is 7.75. The number of nitrogens with zero attached hydrogens (tertiary/aromatic N) is 1. The third-order valence-electron chi connectivity index (χ3n) is 5.89. The number of hydrogen-bond donors (Lipinski definition) is 1. The Labute approximate surface area is 162 Å². The van der Waals surface area contributed by atoms with E-state index in [-0.39, 0.29) is 29.3 Å². The summed E-state index contributed by atoms with van der Waals surface area (Å²) in [6, 6.07) is 6.62. The number of sulfonamides is 1. The minimum absolute atomic E-state index is 0.00313. The molecule has 150 valence electrons. The van der Waals surface area contributed by atoms with Gasteiger partial charge in [0.05, 0.1) is 17.9 Å². The van der Waals surface area contributed by atoms with Gasteiger partial charge in [-0.3, -0.25) is 4.79 Å². The highest BCUT2D eigenvalue weighted by atomic mass is 32.2. The fraction of sp³-hybridized carbons (Fsp3) is 0.650. The summed E-state index contributed by atoms with van der Waals surface area (Å²) in [5, 5.41) is 3.19. The summed E-state index contributed by atoms with van der Waals surface area (Å²) in [7, 11) is -2.05. The molecule has 3 unspecified atom stereocenters. The minimum Gasteiger partial charge on any atom is -0.497 e. The summed E-state index contributed by atoms with van der Waals surface area (Å²) < 4.78 is 32.4. The van der Waals surface area contributed by atoms with Gasteiger partial charge in [0.25, 0.3) is 0 Å². The Morgan fingerprint density at radius 2 is 1.81 bits per heavy atom. The number of ether oxygens (including phenoxy) is 1. The Morgan fingerprint density at radius 3 is 2.48 bits per heavy atom. The highest BCUT2D eigenvalue weighted by molar-refractivity contribution is 7.89. The first-order valence-corrected chi connectivity index (χ1v) is 11.3. The maximum atomic E-state index is 13.0. The summed E-state index contributed by atoms with van der Waals surface area (Å²) in [6.45, 7) is 2.89. The largest absolute Gasteiger partial charge is 0.497 e. The SMILES string of the molecule is COc1ccc(S(=O)(=O)N2CCCC(C(=O)NC3CCCCC3C)C2)cc1. The monoisotopic (exact) mass is 394 g/mol. The number of carbonyl (C=O) groups excluding carboxylic acids is 1. The van der Waals surface area contributed by atoms with Crippen molar-refractivity contribution in [3.05, 3.63) is 24.3 Å². The number of carbonyl (C=O) groups is 1. The molecule has 1 aliphatic carbocycles. The molecule has 1 aliphatic heterocycles. The zero-order chi connectivity index (χ0) is 19.4. The van der Waals surface area contributed by atoms with Crippen LogP contribution in [0.3, 0.4) is 0 Å². The van der Waals surface area contributed by atoms with Crippen LogP contribution in [-0.4, -0.2) is 44.9 Å². The molecule has 0 bridgehead atoms. The van der Waals surface area contributed by atoms with Crippen LogP contribution >= 0.6 is 0 Å². The molecule has 1 amide bonds. The van der Waals surface area contributed by atoms with E-state index in [1.807, 2.05) is 0 Å². The Bertz CT molecular complexity index is 748. The van der Waals surface area contributed by atoms with Crippen molar-refractivity contribution in [1.29, 1.82) is 0 Å². The predicted octanol–water partition coefficient (Wildman–Crippen LogP) is 2.79. The van der Waals surface area contributed by atoms with E-state index in [0.29, 0.717) is 24.6 Å². The van der Waals surface area contributed by atoms with Crippen molar-refractivity contribution in [1.82, 2.24) is 9.62 Å². The lowest BCUT2D eigenvalue weighted by Crippen LogP contribution is -2.49. The first kappa shape index (κ1) is 20.1. The maximum absolute atomic E-state index is 13.0. The third-order valence-corrected chi connectivity index (χ3v) is 7.77. The second-order valence-corrected chi connectivity index (χ2v) is 9.69. The molecule has 3 atom stereocenters. The molecule has 1 aromatic carbocycles. The lowest BCUT2D eigenvalue weighted by atomic mass is 9.85. The molecule has 0 aromatic heterocycles. The summed E-state index contributed by atoms with van der Waals surface area (Å²) in [5.74, 6) is 0.834. The van der Waals surface area contributed by atoms with Gasteiger partial charge in [0.2, 0.25) is 15.9 Å². The Morgan fingerprint density at radius 1 is 1.11 bits per heavy atom. The molecular formula is C20H30N2O4S. The average molecular weight is 395 g/mol.